The molecule has 0 saturated carbocycles. The average Bonchev–Trinajstić information content (AvgIpc) is 2.67. The van der Waals surface area contributed by atoms with Gasteiger partial charge in [-0.15, -0.1) is 0 Å². The number of amides is 1. The smallest absolute Gasteiger partial charge is 0.340 e. The molecule has 0 aromatic heterocycles. The summed E-state index contributed by atoms with van der Waals surface area (Å²) in [6, 6.07) is 9.33. The highest BCUT2D eigenvalue weighted by atomic mass is 79.9. The van der Waals surface area contributed by atoms with E-state index in [1.807, 2.05) is 0 Å². The summed E-state index contributed by atoms with van der Waals surface area (Å²) in [5, 5.41) is 5.31. The van der Waals surface area contributed by atoms with Crippen LogP contribution in [0.1, 0.15) is 10.4 Å². The SMILES string of the molecule is NS(=O)c1ccccc1S(=O)NC(=O)c1ccc(Br)c(OCC(F)(F)C(F)F)c1. The molecule has 6 nitrogen and oxygen atoms in total. The van der Waals surface area contributed by atoms with E-state index >= 15 is 0 Å². The van der Waals surface area contributed by atoms with Crippen LogP contribution in [0.5, 0.6) is 5.75 Å². The van der Waals surface area contributed by atoms with Crippen LogP contribution in [0.25, 0.3) is 0 Å². The number of halogens is 5. The lowest BCUT2D eigenvalue weighted by Crippen LogP contribution is -2.33. The van der Waals surface area contributed by atoms with Crippen LogP contribution < -0.4 is 14.6 Å². The molecule has 0 fully saturated rings. The molecule has 3 N–H and O–H groups in total. The number of hydrogen-bond acceptors (Lipinski definition) is 4. The van der Waals surface area contributed by atoms with E-state index < -0.39 is 46.8 Å². The second kappa shape index (κ2) is 9.78. The fourth-order valence-corrected chi connectivity index (χ4v) is 4.12. The summed E-state index contributed by atoms with van der Waals surface area (Å²) in [5.41, 5.74) is -0.136. The lowest BCUT2D eigenvalue weighted by atomic mass is 10.2. The zero-order valence-electron chi connectivity index (χ0n) is 14.2. The lowest BCUT2D eigenvalue weighted by Gasteiger charge is -2.17. The molecule has 1 amide bonds. The van der Waals surface area contributed by atoms with Gasteiger partial charge in [0.1, 0.15) is 16.7 Å². The lowest BCUT2D eigenvalue weighted by molar-refractivity contribution is -0.148. The van der Waals surface area contributed by atoms with E-state index in [0.717, 1.165) is 6.07 Å². The zero-order valence-corrected chi connectivity index (χ0v) is 17.5. The van der Waals surface area contributed by atoms with Crippen molar-refractivity contribution in [3.63, 3.8) is 0 Å². The predicted octanol–water partition coefficient (Wildman–Crippen LogP) is 3.16. The minimum Gasteiger partial charge on any atom is -0.486 e. The Bertz CT molecular complexity index is 962. The fourth-order valence-electron chi connectivity index (χ4n) is 1.96. The highest BCUT2D eigenvalue weighted by Gasteiger charge is 2.41. The molecule has 0 aliphatic rings. The summed E-state index contributed by atoms with van der Waals surface area (Å²) < 4.78 is 81.5. The standard InChI is InChI=1S/C16H13BrF4N2O4S2/c17-10-6-5-9(7-11(10)27-8-16(20,21)15(18)19)14(24)23-29(26)13-4-2-1-3-12(13)28(22)25/h1-7,15H,8,22H2,(H,23,24). The van der Waals surface area contributed by atoms with Crippen LogP contribution in [0.2, 0.25) is 0 Å². The van der Waals surface area contributed by atoms with Crippen LogP contribution >= 0.6 is 15.9 Å². The molecule has 29 heavy (non-hydrogen) atoms. The van der Waals surface area contributed by atoms with E-state index in [1.54, 1.807) is 0 Å². The first-order valence-electron chi connectivity index (χ1n) is 7.59. The van der Waals surface area contributed by atoms with E-state index in [2.05, 4.69) is 20.7 Å². The van der Waals surface area contributed by atoms with Crippen molar-refractivity contribution in [1.29, 1.82) is 0 Å². The molecule has 2 rings (SSSR count). The summed E-state index contributed by atoms with van der Waals surface area (Å²) in [7, 11) is -4.07. The van der Waals surface area contributed by atoms with Gasteiger partial charge < -0.3 is 4.74 Å². The first-order valence-corrected chi connectivity index (χ1v) is 10.7. The van der Waals surface area contributed by atoms with Crippen molar-refractivity contribution in [3.8, 4) is 5.75 Å². The van der Waals surface area contributed by atoms with Crippen molar-refractivity contribution in [2.75, 3.05) is 6.61 Å². The molecule has 2 aromatic rings. The first-order chi connectivity index (χ1) is 13.5. The molecule has 0 heterocycles. The molecule has 13 heteroatoms. The minimum atomic E-state index is -4.37. The molecule has 0 radical (unpaired) electrons. The maximum atomic E-state index is 13.0. The number of rotatable bonds is 8. The third kappa shape index (κ3) is 6.07. The molecular weight excluding hydrogens is 504 g/mol. The maximum Gasteiger partial charge on any atom is 0.340 e. The fraction of sp³-hybridized carbons (Fsp3) is 0.188. The van der Waals surface area contributed by atoms with Crippen molar-refractivity contribution in [1.82, 2.24) is 4.72 Å². The molecule has 2 unspecified atom stereocenters. The number of benzene rings is 2. The summed E-state index contributed by atoms with van der Waals surface area (Å²) >= 11 is 3.00. The van der Waals surface area contributed by atoms with Crippen LogP contribution in [0.15, 0.2) is 56.7 Å². The Hall–Kier alpha value is -1.83. The molecule has 0 aliphatic heterocycles. The molecule has 2 atom stereocenters. The predicted molar refractivity (Wildman–Crippen MR) is 102 cm³/mol. The molecule has 0 spiro atoms. The Kier molecular flexibility index (Phi) is 7.91. The van der Waals surface area contributed by atoms with Gasteiger partial charge in [0.2, 0.25) is 0 Å². The minimum absolute atomic E-state index is 0.0202. The van der Waals surface area contributed by atoms with Gasteiger partial charge in [-0.25, -0.2) is 22.3 Å². The van der Waals surface area contributed by atoms with Gasteiger partial charge in [-0.3, -0.25) is 9.52 Å². The number of alkyl halides is 4. The third-order valence-corrected chi connectivity index (χ3v) is 6.08. The Balaban J connectivity index is 2.18. The van der Waals surface area contributed by atoms with Gasteiger partial charge in [-0.2, -0.15) is 8.78 Å². The zero-order chi connectivity index (χ0) is 21.8. The molecule has 0 bridgehead atoms. The van der Waals surface area contributed by atoms with E-state index in [-0.39, 0.29) is 25.6 Å². The Morgan fingerprint density at radius 2 is 1.79 bits per heavy atom. The number of nitrogens with two attached hydrogens (primary N) is 1. The van der Waals surface area contributed by atoms with Crippen molar-refractivity contribution < 1.29 is 35.5 Å². The number of carbonyl (C=O) groups excluding carboxylic acids is 1. The largest absolute Gasteiger partial charge is 0.486 e. The number of hydrogen-bond donors (Lipinski definition) is 2. The Morgan fingerprint density at radius 1 is 1.17 bits per heavy atom. The van der Waals surface area contributed by atoms with Gasteiger partial charge in [0.15, 0.2) is 17.6 Å². The van der Waals surface area contributed by atoms with Crippen LogP contribution in [0, 0.1) is 0 Å². The van der Waals surface area contributed by atoms with Crippen LogP contribution in [0.3, 0.4) is 0 Å². The van der Waals surface area contributed by atoms with Gasteiger partial charge in [0, 0.05) is 5.56 Å². The van der Waals surface area contributed by atoms with Gasteiger partial charge in [-0.05, 0) is 46.3 Å². The monoisotopic (exact) mass is 516 g/mol. The van der Waals surface area contributed by atoms with Gasteiger partial charge in [-0.1, -0.05) is 12.1 Å². The van der Waals surface area contributed by atoms with Crippen molar-refractivity contribution >= 4 is 43.8 Å². The van der Waals surface area contributed by atoms with E-state index in [0.29, 0.717) is 0 Å². The Morgan fingerprint density at radius 3 is 2.38 bits per heavy atom. The van der Waals surface area contributed by atoms with Gasteiger partial charge in [0.05, 0.1) is 14.3 Å². The van der Waals surface area contributed by atoms with Gasteiger partial charge in [0.25, 0.3) is 5.91 Å². The maximum absolute atomic E-state index is 13.0. The van der Waals surface area contributed by atoms with Crippen LogP contribution in [0.4, 0.5) is 17.6 Å². The molecular formula is C16H13BrF4N2O4S2. The average molecular weight is 517 g/mol. The highest BCUT2D eigenvalue weighted by molar-refractivity contribution is 9.10. The summed E-state index contributed by atoms with van der Waals surface area (Å²) in [6.45, 7) is -1.60. The topological polar surface area (TPSA) is 98.5 Å². The highest BCUT2D eigenvalue weighted by Crippen LogP contribution is 2.30. The van der Waals surface area contributed by atoms with Crippen molar-refractivity contribution in [2.24, 2.45) is 5.14 Å². The second-order valence-electron chi connectivity index (χ2n) is 5.44. The molecule has 2 aromatic carbocycles. The van der Waals surface area contributed by atoms with Crippen molar-refractivity contribution in [3.05, 3.63) is 52.5 Å². The van der Waals surface area contributed by atoms with Crippen LogP contribution in [-0.4, -0.2) is 33.3 Å². The quantitative estimate of drug-likeness (QED) is 0.526. The molecule has 0 saturated heterocycles. The number of ether oxygens (including phenoxy) is 1. The third-order valence-electron chi connectivity index (χ3n) is 3.38. The van der Waals surface area contributed by atoms with Crippen molar-refractivity contribution in [2.45, 2.75) is 22.1 Å². The van der Waals surface area contributed by atoms with E-state index in [4.69, 9.17) is 9.88 Å². The van der Waals surface area contributed by atoms with E-state index in [9.17, 15) is 30.8 Å². The van der Waals surface area contributed by atoms with Crippen LogP contribution in [-0.2, 0) is 22.0 Å². The Labute approximate surface area is 176 Å². The number of carbonyl (C=O) groups is 1. The summed E-state index contributed by atoms with van der Waals surface area (Å²) in [5.74, 6) is -5.54. The summed E-state index contributed by atoms with van der Waals surface area (Å²) in [4.78, 5) is 12.4. The molecule has 0 aliphatic carbocycles. The second-order valence-corrected chi connectivity index (χ2v) is 8.51. The molecule has 158 valence electrons. The van der Waals surface area contributed by atoms with E-state index in [1.165, 1.54) is 36.4 Å². The van der Waals surface area contributed by atoms with Gasteiger partial charge >= 0.3 is 12.3 Å². The summed E-state index contributed by atoms with van der Waals surface area (Å²) in [6.07, 6.45) is -3.91. The number of nitrogens with one attached hydrogen (secondary N) is 1. The normalized spacial score (nSPS) is 13.8. The first kappa shape index (κ1) is 23.4.